The lowest BCUT2D eigenvalue weighted by Crippen LogP contribution is -2.57. The van der Waals surface area contributed by atoms with E-state index in [2.05, 4.69) is 5.32 Å². The van der Waals surface area contributed by atoms with Crippen molar-refractivity contribution in [1.29, 1.82) is 0 Å². The van der Waals surface area contributed by atoms with Crippen LogP contribution in [0.25, 0.3) is 0 Å². The summed E-state index contributed by atoms with van der Waals surface area (Å²) in [5, 5.41) is 2.98. The summed E-state index contributed by atoms with van der Waals surface area (Å²) in [6.45, 7) is 16.2. The minimum Gasteiger partial charge on any atom is -0.458 e. The van der Waals surface area contributed by atoms with E-state index in [9.17, 15) is 14.4 Å². The van der Waals surface area contributed by atoms with Crippen LogP contribution in [0, 0.1) is 11.8 Å². The average molecular weight is 459 g/mol. The van der Waals surface area contributed by atoms with Gasteiger partial charge in [-0.15, -0.1) is 0 Å². The third-order valence-corrected chi connectivity index (χ3v) is 4.87. The highest BCUT2D eigenvalue weighted by Gasteiger charge is 2.51. The molecule has 1 aliphatic rings. The molecule has 0 bridgehead atoms. The summed E-state index contributed by atoms with van der Waals surface area (Å²) < 4.78 is 11.3. The first-order valence-electron chi connectivity index (χ1n) is 10.8. The second kappa shape index (κ2) is 10.7. The molecule has 1 rings (SSSR count). The maximum absolute atomic E-state index is 13.3. The zero-order valence-corrected chi connectivity index (χ0v) is 21.1. The van der Waals surface area contributed by atoms with E-state index in [4.69, 9.17) is 21.1 Å². The van der Waals surface area contributed by atoms with Gasteiger partial charge in [0.15, 0.2) is 0 Å². The van der Waals surface area contributed by atoms with Crippen molar-refractivity contribution in [3.05, 3.63) is 11.6 Å². The summed E-state index contributed by atoms with van der Waals surface area (Å²) >= 11 is 5.91. The number of esters is 1. The van der Waals surface area contributed by atoms with Crippen molar-refractivity contribution in [1.82, 2.24) is 10.2 Å². The van der Waals surface area contributed by atoms with Gasteiger partial charge in [-0.05, 0) is 60.3 Å². The van der Waals surface area contributed by atoms with Gasteiger partial charge >= 0.3 is 12.1 Å². The number of halogens is 1. The highest BCUT2D eigenvalue weighted by atomic mass is 35.5. The molecular weight excluding hydrogens is 420 g/mol. The van der Waals surface area contributed by atoms with Crippen molar-refractivity contribution < 1.29 is 23.9 Å². The Bertz CT molecular complexity index is 678. The van der Waals surface area contributed by atoms with Gasteiger partial charge in [-0.2, -0.15) is 0 Å². The summed E-state index contributed by atoms with van der Waals surface area (Å²) in [6.07, 6.45) is 2.11. The van der Waals surface area contributed by atoms with Gasteiger partial charge in [0, 0.05) is 18.4 Å². The molecule has 0 aromatic rings. The summed E-state index contributed by atoms with van der Waals surface area (Å²) in [4.78, 5) is 39.8. The quantitative estimate of drug-likeness (QED) is 0.586. The third-order valence-electron chi connectivity index (χ3n) is 4.72. The van der Waals surface area contributed by atoms with Gasteiger partial charge in [0.2, 0.25) is 5.91 Å². The van der Waals surface area contributed by atoms with Crippen LogP contribution >= 0.6 is 11.6 Å². The molecule has 1 heterocycles. The van der Waals surface area contributed by atoms with Crippen LogP contribution in [0.2, 0.25) is 0 Å². The number of rotatable bonds is 6. The van der Waals surface area contributed by atoms with Crippen LogP contribution in [0.15, 0.2) is 11.6 Å². The number of hydrogen-bond donors (Lipinski definition) is 1. The van der Waals surface area contributed by atoms with Crippen LogP contribution in [0.3, 0.4) is 0 Å². The number of nitrogens with zero attached hydrogens (tertiary/aromatic N) is 1. The first kappa shape index (κ1) is 27.3. The van der Waals surface area contributed by atoms with Crippen LogP contribution in [-0.4, -0.2) is 52.2 Å². The molecule has 2 amide bonds. The molecular formula is C23H39ClN2O5. The Morgan fingerprint density at radius 2 is 1.65 bits per heavy atom. The van der Waals surface area contributed by atoms with Crippen molar-refractivity contribution in [2.45, 2.75) is 104 Å². The van der Waals surface area contributed by atoms with E-state index in [1.165, 1.54) is 17.4 Å². The zero-order chi connectivity index (χ0) is 24.1. The molecule has 7 nitrogen and oxygen atoms in total. The van der Waals surface area contributed by atoms with Crippen LogP contribution in [0.1, 0.15) is 75.2 Å². The molecule has 0 aromatic heterocycles. The molecule has 0 radical (unpaired) electrons. The van der Waals surface area contributed by atoms with Gasteiger partial charge in [-0.3, -0.25) is 9.69 Å². The Kier molecular flexibility index (Phi) is 9.42. The topological polar surface area (TPSA) is 84.9 Å². The number of ether oxygens (including phenoxy) is 2. The molecule has 0 aromatic carbocycles. The van der Waals surface area contributed by atoms with E-state index >= 15 is 0 Å². The molecule has 0 saturated carbocycles. The Balaban J connectivity index is 3.50. The maximum atomic E-state index is 13.3. The summed E-state index contributed by atoms with van der Waals surface area (Å²) in [5.41, 5.74) is -0.0632. The molecule has 1 saturated heterocycles. The Labute approximate surface area is 191 Å². The monoisotopic (exact) mass is 458 g/mol. The fourth-order valence-electron chi connectivity index (χ4n) is 3.90. The number of carbonyl (C=O) groups excluding carboxylic acids is 3. The third kappa shape index (κ3) is 8.71. The van der Waals surface area contributed by atoms with Crippen LogP contribution in [-0.2, 0) is 19.1 Å². The summed E-state index contributed by atoms with van der Waals surface area (Å²) in [6, 6.07) is -1.73. The molecule has 4 atom stereocenters. The van der Waals surface area contributed by atoms with Crippen molar-refractivity contribution in [3.63, 3.8) is 0 Å². The first-order chi connectivity index (χ1) is 14.1. The Morgan fingerprint density at radius 1 is 1.10 bits per heavy atom. The largest absolute Gasteiger partial charge is 0.458 e. The fourth-order valence-corrected chi connectivity index (χ4v) is 4.09. The molecule has 1 N–H and O–H groups in total. The van der Waals surface area contributed by atoms with E-state index in [0.717, 1.165) is 0 Å². The van der Waals surface area contributed by atoms with E-state index < -0.39 is 35.3 Å². The average Bonchev–Trinajstić information content (AvgIpc) is 2.90. The molecule has 1 fully saturated rings. The van der Waals surface area contributed by atoms with Crippen molar-refractivity contribution in [2.75, 3.05) is 0 Å². The highest BCUT2D eigenvalue weighted by molar-refractivity contribution is 6.25. The summed E-state index contributed by atoms with van der Waals surface area (Å²) in [7, 11) is 0. The first-order valence-corrected chi connectivity index (χ1v) is 11.3. The minimum atomic E-state index is -0.847. The number of carbonyl (C=O) groups is 3. The molecule has 8 heteroatoms. The predicted molar refractivity (Wildman–Crippen MR) is 122 cm³/mol. The molecule has 1 aliphatic heterocycles. The maximum Gasteiger partial charge on any atom is 0.411 e. The fraction of sp³-hybridized carbons (Fsp3) is 0.783. The lowest BCUT2D eigenvalue weighted by atomic mass is 9.88. The molecule has 0 aliphatic carbocycles. The summed E-state index contributed by atoms with van der Waals surface area (Å²) in [5.74, 6) is -0.708. The van der Waals surface area contributed by atoms with Gasteiger partial charge < -0.3 is 14.8 Å². The van der Waals surface area contributed by atoms with E-state index in [0.29, 0.717) is 12.8 Å². The highest BCUT2D eigenvalue weighted by Crippen LogP contribution is 2.37. The molecule has 31 heavy (non-hydrogen) atoms. The van der Waals surface area contributed by atoms with Gasteiger partial charge in [-0.1, -0.05) is 31.5 Å². The number of likely N-dealkylation sites (tertiary alicyclic amines) is 1. The molecule has 178 valence electrons. The van der Waals surface area contributed by atoms with Crippen molar-refractivity contribution in [2.24, 2.45) is 11.8 Å². The van der Waals surface area contributed by atoms with Gasteiger partial charge in [0.25, 0.3) is 0 Å². The van der Waals surface area contributed by atoms with E-state index in [1.807, 2.05) is 13.8 Å². The standard InChI is InChI=1S/C23H39ClN2O5/c1-14(2)12-17(25-15(3)27)19-16(10-11-24)13-18(20(28)30-22(4,5)6)26(19)21(29)31-23(7,8)9/h10-11,14,16-19H,12-13H2,1-9H3,(H,25,27)/t16-,17+,18+,19-/m1/s1. The van der Waals surface area contributed by atoms with E-state index in [1.54, 1.807) is 47.6 Å². The molecule has 0 unspecified atom stereocenters. The van der Waals surface area contributed by atoms with Crippen molar-refractivity contribution >= 4 is 29.6 Å². The zero-order valence-electron chi connectivity index (χ0n) is 20.3. The lowest BCUT2D eigenvalue weighted by Gasteiger charge is -2.38. The number of nitrogens with one attached hydrogen (secondary N) is 1. The van der Waals surface area contributed by atoms with Crippen molar-refractivity contribution in [3.8, 4) is 0 Å². The van der Waals surface area contributed by atoms with Crippen LogP contribution in [0.4, 0.5) is 4.79 Å². The SMILES string of the molecule is CC(=O)N[C@@H](CC(C)C)[C@H]1[C@H](C=CCl)C[C@@H](C(=O)OC(C)(C)C)N1C(=O)OC(C)(C)C. The number of amides is 2. The Morgan fingerprint density at radius 3 is 2.06 bits per heavy atom. The predicted octanol–water partition coefficient (Wildman–Crippen LogP) is 4.63. The Hall–Kier alpha value is -1.76. The normalized spacial score (nSPS) is 23.2. The molecule has 0 spiro atoms. The number of hydrogen-bond acceptors (Lipinski definition) is 5. The van der Waals surface area contributed by atoms with Gasteiger partial charge in [0.05, 0.1) is 12.1 Å². The second-order valence-electron chi connectivity index (χ2n) is 10.6. The minimum absolute atomic E-state index is 0.205. The second-order valence-corrected chi connectivity index (χ2v) is 10.8. The van der Waals surface area contributed by atoms with Gasteiger partial charge in [0.1, 0.15) is 17.2 Å². The van der Waals surface area contributed by atoms with Gasteiger partial charge in [-0.25, -0.2) is 9.59 Å². The van der Waals surface area contributed by atoms with E-state index in [-0.39, 0.29) is 23.8 Å². The lowest BCUT2D eigenvalue weighted by molar-refractivity contribution is -0.160. The van der Waals surface area contributed by atoms with Crippen LogP contribution < -0.4 is 5.32 Å². The smallest absolute Gasteiger partial charge is 0.411 e. The van der Waals surface area contributed by atoms with Crippen LogP contribution in [0.5, 0.6) is 0 Å².